The Morgan fingerprint density at radius 3 is 2.83 bits per heavy atom. The number of nitrogens with two attached hydrogens (primary N) is 1. The predicted octanol–water partition coefficient (Wildman–Crippen LogP) is 3.10. The quantitative estimate of drug-likeness (QED) is 0.727. The second-order valence-corrected chi connectivity index (χ2v) is 7.24. The molecule has 0 spiro atoms. The molecule has 3 aromatic rings. The smallest absolute Gasteiger partial charge is 0.200 e. The molecular weight excluding hydrogens is 385 g/mol. The minimum Gasteiger partial charge on any atom is -0.458 e. The summed E-state index contributed by atoms with van der Waals surface area (Å²) in [5.74, 6) is 0.362. The van der Waals surface area contributed by atoms with Crippen molar-refractivity contribution < 1.29 is 8.81 Å². The lowest BCUT2D eigenvalue weighted by atomic mass is 9.98. The molecule has 2 N–H and O–H groups in total. The molecule has 3 heterocycles. The number of benzene rings is 2. The number of aliphatic imine (C=N–C) groups is 3. The van der Waals surface area contributed by atoms with E-state index in [0.29, 0.717) is 33.7 Å². The van der Waals surface area contributed by atoms with Crippen LogP contribution in [0.4, 0.5) is 4.39 Å². The number of fused-ring (bicyclic) bond motifs is 2. The third-order valence-corrected chi connectivity index (χ3v) is 5.44. The SMILES string of the molecule is CC(c1oc2ccccc2c(=O)c1-c1cccc(F)c1)N1C=NC2C(N)=NC=NC21. The molecule has 0 bridgehead atoms. The maximum atomic E-state index is 14.0. The summed E-state index contributed by atoms with van der Waals surface area (Å²) in [6.07, 6.45) is 2.68. The zero-order valence-corrected chi connectivity index (χ0v) is 16.1. The molecule has 2 aliphatic rings. The van der Waals surface area contributed by atoms with Crippen molar-refractivity contribution in [2.75, 3.05) is 0 Å². The van der Waals surface area contributed by atoms with Gasteiger partial charge in [-0.15, -0.1) is 0 Å². The number of para-hydroxylation sites is 1. The highest BCUT2D eigenvalue weighted by atomic mass is 19.1. The van der Waals surface area contributed by atoms with Crippen molar-refractivity contribution in [2.45, 2.75) is 25.2 Å². The third kappa shape index (κ3) is 2.80. The highest BCUT2D eigenvalue weighted by molar-refractivity contribution is 5.96. The van der Waals surface area contributed by atoms with E-state index in [-0.39, 0.29) is 17.6 Å². The van der Waals surface area contributed by atoms with Crippen LogP contribution in [0, 0.1) is 5.82 Å². The molecule has 0 fully saturated rings. The Labute approximate surface area is 171 Å². The van der Waals surface area contributed by atoms with Gasteiger partial charge in [-0.1, -0.05) is 24.3 Å². The maximum absolute atomic E-state index is 14.0. The lowest BCUT2D eigenvalue weighted by Gasteiger charge is -2.31. The molecule has 30 heavy (non-hydrogen) atoms. The lowest BCUT2D eigenvalue weighted by Crippen LogP contribution is -2.44. The van der Waals surface area contributed by atoms with Crippen LogP contribution in [0.3, 0.4) is 0 Å². The van der Waals surface area contributed by atoms with E-state index in [0.717, 1.165) is 0 Å². The number of hydrogen-bond donors (Lipinski definition) is 1. The van der Waals surface area contributed by atoms with Crippen LogP contribution in [-0.4, -0.2) is 35.6 Å². The fourth-order valence-electron chi connectivity index (χ4n) is 3.92. The summed E-state index contributed by atoms with van der Waals surface area (Å²) in [6.45, 7) is 1.89. The van der Waals surface area contributed by atoms with Gasteiger partial charge in [-0.2, -0.15) is 0 Å². The Kier molecular flexibility index (Phi) is 4.20. The average Bonchev–Trinajstić information content (AvgIpc) is 3.19. The summed E-state index contributed by atoms with van der Waals surface area (Å²) in [4.78, 5) is 28.1. The van der Waals surface area contributed by atoms with Crippen molar-refractivity contribution in [3.05, 3.63) is 70.3 Å². The van der Waals surface area contributed by atoms with Gasteiger partial charge in [0.05, 0.1) is 23.3 Å². The number of halogens is 1. The molecule has 150 valence electrons. The lowest BCUT2D eigenvalue weighted by molar-refractivity contribution is 0.250. The standard InChI is InChI=1S/C22H18FN5O2/c1-12(28-11-27-18-21(24)25-10-26-22(18)28)20-17(13-5-4-6-14(23)9-13)19(29)15-7-2-3-8-16(15)30-20/h2-12,18,22H,1H3,(H2,24,25,26). The van der Waals surface area contributed by atoms with Crippen molar-refractivity contribution in [3.8, 4) is 11.1 Å². The molecule has 2 aromatic carbocycles. The van der Waals surface area contributed by atoms with Crippen LogP contribution in [0.5, 0.6) is 0 Å². The van der Waals surface area contributed by atoms with E-state index < -0.39 is 11.9 Å². The number of amidine groups is 1. The van der Waals surface area contributed by atoms with Gasteiger partial charge < -0.3 is 15.1 Å². The molecule has 3 unspecified atom stereocenters. The molecular formula is C22H18FN5O2. The first-order valence-electron chi connectivity index (χ1n) is 9.52. The van der Waals surface area contributed by atoms with Crippen molar-refractivity contribution in [3.63, 3.8) is 0 Å². The zero-order chi connectivity index (χ0) is 20.8. The van der Waals surface area contributed by atoms with Crippen molar-refractivity contribution in [1.29, 1.82) is 0 Å². The summed E-state index contributed by atoms with van der Waals surface area (Å²) in [6, 6.07) is 12.2. The average molecular weight is 403 g/mol. The van der Waals surface area contributed by atoms with E-state index in [1.807, 2.05) is 11.8 Å². The van der Waals surface area contributed by atoms with Crippen molar-refractivity contribution in [2.24, 2.45) is 20.7 Å². The van der Waals surface area contributed by atoms with Crippen LogP contribution in [0.25, 0.3) is 22.1 Å². The van der Waals surface area contributed by atoms with Crippen LogP contribution in [0.2, 0.25) is 0 Å². The largest absolute Gasteiger partial charge is 0.458 e. The minimum atomic E-state index is -0.428. The first-order chi connectivity index (χ1) is 14.5. The maximum Gasteiger partial charge on any atom is 0.200 e. The van der Waals surface area contributed by atoms with Crippen molar-refractivity contribution in [1.82, 2.24) is 4.90 Å². The van der Waals surface area contributed by atoms with Crippen LogP contribution in [0.1, 0.15) is 18.7 Å². The molecule has 1 aromatic heterocycles. The third-order valence-electron chi connectivity index (χ3n) is 5.44. The molecule has 0 amide bonds. The highest BCUT2D eigenvalue weighted by Crippen LogP contribution is 2.35. The van der Waals surface area contributed by atoms with Crippen LogP contribution in [0.15, 0.2) is 72.7 Å². The Bertz CT molecular complexity index is 1300. The van der Waals surface area contributed by atoms with Crippen LogP contribution >= 0.6 is 0 Å². The van der Waals surface area contributed by atoms with E-state index >= 15 is 0 Å². The monoisotopic (exact) mass is 403 g/mol. The second kappa shape index (κ2) is 6.91. The van der Waals surface area contributed by atoms with Gasteiger partial charge in [-0.25, -0.2) is 14.4 Å². The van der Waals surface area contributed by atoms with Gasteiger partial charge >= 0.3 is 0 Å². The first kappa shape index (κ1) is 18.2. The molecule has 8 heteroatoms. The molecule has 7 nitrogen and oxygen atoms in total. The van der Waals surface area contributed by atoms with E-state index in [4.69, 9.17) is 10.2 Å². The molecule has 0 radical (unpaired) electrons. The number of hydrogen-bond acceptors (Lipinski definition) is 7. The topological polar surface area (TPSA) is 96.5 Å². The normalized spacial score (nSPS) is 21.0. The van der Waals surface area contributed by atoms with E-state index in [2.05, 4.69) is 15.0 Å². The summed E-state index contributed by atoms with van der Waals surface area (Å²) in [7, 11) is 0. The number of rotatable bonds is 3. The molecule has 3 atom stereocenters. The molecule has 2 aliphatic heterocycles. The van der Waals surface area contributed by atoms with Gasteiger partial charge in [-0.3, -0.25) is 9.79 Å². The summed E-state index contributed by atoms with van der Waals surface area (Å²) in [5, 5.41) is 0.438. The molecule has 0 aliphatic carbocycles. The van der Waals surface area contributed by atoms with E-state index in [1.54, 1.807) is 42.7 Å². The Hall–Kier alpha value is -3.81. The van der Waals surface area contributed by atoms with Gasteiger partial charge in [0.15, 0.2) is 6.17 Å². The molecule has 0 saturated heterocycles. The van der Waals surface area contributed by atoms with E-state index in [9.17, 15) is 9.18 Å². The minimum absolute atomic E-state index is 0.217. The summed E-state index contributed by atoms with van der Waals surface area (Å²) >= 11 is 0. The van der Waals surface area contributed by atoms with Crippen LogP contribution in [-0.2, 0) is 0 Å². The Morgan fingerprint density at radius 1 is 1.17 bits per heavy atom. The summed E-state index contributed by atoms with van der Waals surface area (Å²) < 4.78 is 20.2. The fraction of sp³-hybridized carbons (Fsp3) is 0.182. The van der Waals surface area contributed by atoms with Crippen LogP contribution < -0.4 is 11.2 Å². The van der Waals surface area contributed by atoms with Gasteiger partial charge in [0, 0.05) is 0 Å². The van der Waals surface area contributed by atoms with E-state index in [1.165, 1.54) is 18.5 Å². The van der Waals surface area contributed by atoms with Crippen molar-refractivity contribution >= 4 is 29.5 Å². The second-order valence-electron chi connectivity index (χ2n) is 7.24. The zero-order valence-electron chi connectivity index (χ0n) is 16.1. The first-order valence-corrected chi connectivity index (χ1v) is 9.52. The number of nitrogens with zero attached hydrogens (tertiary/aromatic N) is 4. The van der Waals surface area contributed by atoms with Gasteiger partial charge in [0.1, 0.15) is 35.4 Å². The van der Waals surface area contributed by atoms with Gasteiger partial charge in [0.2, 0.25) is 5.43 Å². The fourth-order valence-corrected chi connectivity index (χ4v) is 3.92. The molecule has 0 saturated carbocycles. The predicted molar refractivity (Wildman–Crippen MR) is 114 cm³/mol. The highest BCUT2D eigenvalue weighted by Gasteiger charge is 2.39. The van der Waals surface area contributed by atoms with Gasteiger partial charge in [-0.05, 0) is 36.8 Å². The molecule has 5 rings (SSSR count). The Balaban J connectivity index is 1.69. The summed E-state index contributed by atoms with van der Waals surface area (Å²) in [5.41, 5.74) is 6.98. The Morgan fingerprint density at radius 2 is 2.00 bits per heavy atom. The van der Waals surface area contributed by atoms with Gasteiger partial charge in [0.25, 0.3) is 0 Å².